The van der Waals surface area contributed by atoms with Crippen molar-refractivity contribution in [3.05, 3.63) is 35.9 Å². The Morgan fingerprint density at radius 1 is 1.32 bits per heavy atom. The van der Waals surface area contributed by atoms with Crippen molar-refractivity contribution in [3.8, 4) is 0 Å². The molecule has 1 saturated carbocycles. The first-order chi connectivity index (χ1) is 9.29. The number of amides is 1. The molecule has 1 heterocycles. The van der Waals surface area contributed by atoms with Crippen molar-refractivity contribution in [2.45, 2.75) is 25.2 Å². The van der Waals surface area contributed by atoms with E-state index in [4.69, 9.17) is 0 Å². The van der Waals surface area contributed by atoms with Gasteiger partial charge in [-0.2, -0.15) is 0 Å². The van der Waals surface area contributed by atoms with Crippen molar-refractivity contribution in [2.24, 2.45) is 11.8 Å². The minimum absolute atomic E-state index is 0.255. The average molecular weight is 322 g/mol. The van der Waals surface area contributed by atoms with Crippen molar-refractivity contribution in [2.75, 3.05) is 18.4 Å². The highest BCUT2D eigenvalue weighted by Crippen LogP contribution is 2.48. The van der Waals surface area contributed by atoms with Crippen LogP contribution in [0.3, 0.4) is 0 Å². The fraction of sp³-hybridized carbons (Fsp3) is 0.562. The Morgan fingerprint density at radius 3 is 2.84 bits per heavy atom. The highest BCUT2D eigenvalue weighted by molar-refractivity contribution is 9.09. The predicted octanol–water partition coefficient (Wildman–Crippen LogP) is 3.42. The van der Waals surface area contributed by atoms with E-state index in [0.29, 0.717) is 17.7 Å². The maximum atomic E-state index is 12.5. The molecule has 1 aliphatic carbocycles. The van der Waals surface area contributed by atoms with E-state index in [2.05, 4.69) is 45.1 Å². The molecule has 1 aromatic rings. The molecule has 2 fully saturated rings. The third kappa shape index (κ3) is 2.86. The van der Waals surface area contributed by atoms with Gasteiger partial charge in [0.15, 0.2) is 0 Å². The van der Waals surface area contributed by atoms with E-state index in [9.17, 15) is 4.79 Å². The summed E-state index contributed by atoms with van der Waals surface area (Å²) in [4.78, 5) is 14.6. The van der Waals surface area contributed by atoms with E-state index < -0.39 is 0 Å². The second-order valence-electron chi connectivity index (χ2n) is 5.78. The first-order valence-electron chi connectivity index (χ1n) is 7.19. The Labute approximate surface area is 123 Å². The summed E-state index contributed by atoms with van der Waals surface area (Å²) in [6, 6.07) is 10.5. The van der Waals surface area contributed by atoms with Gasteiger partial charge in [0.25, 0.3) is 0 Å². The van der Waals surface area contributed by atoms with E-state index in [1.807, 2.05) is 6.07 Å². The second-order valence-corrected chi connectivity index (χ2v) is 6.57. The van der Waals surface area contributed by atoms with Gasteiger partial charge in [-0.3, -0.25) is 4.79 Å². The van der Waals surface area contributed by atoms with Gasteiger partial charge < -0.3 is 4.90 Å². The fourth-order valence-corrected chi connectivity index (χ4v) is 3.84. The molecule has 102 valence electrons. The number of carbonyl (C=O) groups is 1. The zero-order valence-electron chi connectivity index (χ0n) is 11.1. The van der Waals surface area contributed by atoms with Gasteiger partial charge in [-0.05, 0) is 36.7 Å². The molecule has 1 saturated heterocycles. The smallest absolute Gasteiger partial charge is 0.226 e. The van der Waals surface area contributed by atoms with Gasteiger partial charge in [0, 0.05) is 24.3 Å². The number of rotatable bonds is 4. The van der Waals surface area contributed by atoms with Crippen LogP contribution in [0.15, 0.2) is 30.3 Å². The molecule has 19 heavy (non-hydrogen) atoms. The Bertz CT molecular complexity index is 447. The Morgan fingerprint density at radius 2 is 2.11 bits per heavy atom. The van der Waals surface area contributed by atoms with Crippen molar-refractivity contribution in [3.63, 3.8) is 0 Å². The number of carbonyl (C=O) groups excluding carboxylic acids is 1. The quantitative estimate of drug-likeness (QED) is 0.778. The van der Waals surface area contributed by atoms with Gasteiger partial charge in [-0.15, -0.1) is 0 Å². The molecule has 1 aromatic carbocycles. The number of benzene rings is 1. The lowest BCUT2D eigenvalue weighted by atomic mass is 10.1. The van der Waals surface area contributed by atoms with Crippen LogP contribution in [0.4, 0.5) is 0 Å². The van der Waals surface area contributed by atoms with Gasteiger partial charge in [0.2, 0.25) is 5.91 Å². The summed E-state index contributed by atoms with van der Waals surface area (Å²) < 4.78 is 0. The molecule has 2 aliphatic rings. The number of alkyl halides is 1. The number of halogens is 1. The summed E-state index contributed by atoms with van der Waals surface area (Å²) in [7, 11) is 0. The predicted molar refractivity (Wildman–Crippen MR) is 80.4 cm³/mol. The van der Waals surface area contributed by atoms with Gasteiger partial charge in [0.05, 0.1) is 0 Å². The SMILES string of the molecule is O=C(C1CC1c1ccccc1)N1CCC(CCBr)C1. The van der Waals surface area contributed by atoms with Crippen LogP contribution in [0, 0.1) is 11.8 Å². The molecule has 0 aromatic heterocycles. The van der Waals surface area contributed by atoms with Crippen molar-refractivity contribution < 1.29 is 4.79 Å². The number of likely N-dealkylation sites (tertiary alicyclic amines) is 1. The third-order valence-electron chi connectivity index (χ3n) is 4.45. The number of nitrogens with zero attached hydrogens (tertiary/aromatic N) is 1. The molecular formula is C16H20BrNO. The lowest BCUT2D eigenvalue weighted by Gasteiger charge is -2.16. The van der Waals surface area contributed by atoms with Crippen LogP contribution in [-0.2, 0) is 4.79 Å². The molecule has 0 spiro atoms. The topological polar surface area (TPSA) is 20.3 Å². The van der Waals surface area contributed by atoms with Crippen molar-refractivity contribution in [1.29, 1.82) is 0 Å². The molecule has 2 nitrogen and oxygen atoms in total. The maximum Gasteiger partial charge on any atom is 0.226 e. The van der Waals surface area contributed by atoms with Crippen LogP contribution in [-0.4, -0.2) is 29.2 Å². The van der Waals surface area contributed by atoms with E-state index in [1.54, 1.807) is 0 Å². The molecule has 0 bridgehead atoms. The lowest BCUT2D eigenvalue weighted by molar-refractivity contribution is -0.131. The molecular weight excluding hydrogens is 302 g/mol. The van der Waals surface area contributed by atoms with Gasteiger partial charge in [0.1, 0.15) is 0 Å². The minimum atomic E-state index is 0.255. The maximum absolute atomic E-state index is 12.5. The van der Waals surface area contributed by atoms with Crippen molar-refractivity contribution >= 4 is 21.8 Å². The first kappa shape index (κ1) is 13.2. The molecule has 0 radical (unpaired) electrons. The summed E-state index contributed by atoms with van der Waals surface area (Å²) in [5.74, 6) is 1.83. The molecule has 1 amide bonds. The van der Waals surface area contributed by atoms with Gasteiger partial charge in [-0.25, -0.2) is 0 Å². The van der Waals surface area contributed by atoms with Crippen LogP contribution in [0.2, 0.25) is 0 Å². The Hall–Kier alpha value is -0.830. The van der Waals surface area contributed by atoms with Crippen LogP contribution >= 0.6 is 15.9 Å². The Balaban J connectivity index is 1.56. The zero-order chi connectivity index (χ0) is 13.2. The molecule has 3 atom stereocenters. The highest BCUT2D eigenvalue weighted by atomic mass is 79.9. The fourth-order valence-electron chi connectivity index (χ4n) is 3.19. The van der Waals surface area contributed by atoms with Crippen molar-refractivity contribution in [1.82, 2.24) is 4.90 Å². The highest BCUT2D eigenvalue weighted by Gasteiger charge is 2.46. The largest absolute Gasteiger partial charge is 0.342 e. The molecule has 3 unspecified atom stereocenters. The Kier molecular flexibility index (Phi) is 3.92. The zero-order valence-corrected chi connectivity index (χ0v) is 12.7. The third-order valence-corrected chi connectivity index (χ3v) is 4.91. The van der Waals surface area contributed by atoms with Crippen LogP contribution < -0.4 is 0 Å². The van der Waals surface area contributed by atoms with Crippen LogP contribution in [0.5, 0.6) is 0 Å². The normalized spacial score (nSPS) is 29.5. The van der Waals surface area contributed by atoms with E-state index in [-0.39, 0.29) is 5.92 Å². The van der Waals surface area contributed by atoms with Crippen LogP contribution in [0.1, 0.15) is 30.7 Å². The summed E-state index contributed by atoms with van der Waals surface area (Å²) in [5.41, 5.74) is 1.33. The number of hydrogen-bond acceptors (Lipinski definition) is 1. The van der Waals surface area contributed by atoms with Crippen LogP contribution in [0.25, 0.3) is 0 Å². The standard InChI is InChI=1S/C16H20BrNO/c17-8-6-12-7-9-18(11-12)16(19)15-10-14(15)13-4-2-1-3-5-13/h1-5,12,14-15H,6-11H2. The van der Waals surface area contributed by atoms with E-state index >= 15 is 0 Å². The summed E-state index contributed by atoms with van der Waals surface area (Å²) >= 11 is 3.49. The molecule has 3 rings (SSSR count). The molecule has 3 heteroatoms. The van der Waals surface area contributed by atoms with Gasteiger partial charge in [-0.1, -0.05) is 46.3 Å². The van der Waals surface area contributed by atoms with Gasteiger partial charge >= 0.3 is 0 Å². The molecule has 1 aliphatic heterocycles. The van der Waals surface area contributed by atoms with E-state index in [0.717, 1.165) is 24.8 Å². The summed E-state index contributed by atoms with van der Waals surface area (Å²) in [6.45, 7) is 1.94. The van der Waals surface area contributed by atoms with E-state index in [1.165, 1.54) is 18.4 Å². The summed E-state index contributed by atoms with van der Waals surface area (Å²) in [5, 5.41) is 1.05. The second kappa shape index (κ2) is 5.66. The number of hydrogen-bond donors (Lipinski definition) is 0. The summed E-state index contributed by atoms with van der Waals surface area (Å²) in [6.07, 6.45) is 3.42. The monoisotopic (exact) mass is 321 g/mol. The minimum Gasteiger partial charge on any atom is -0.342 e. The average Bonchev–Trinajstić information content (AvgIpc) is 3.12. The lowest BCUT2D eigenvalue weighted by Crippen LogP contribution is -2.30. The molecule has 0 N–H and O–H groups in total. The first-order valence-corrected chi connectivity index (χ1v) is 8.31.